The van der Waals surface area contributed by atoms with Crippen LogP contribution in [-0.4, -0.2) is 35.3 Å². The van der Waals surface area contributed by atoms with Crippen LogP contribution in [0.5, 0.6) is 0 Å². The number of hydrogen-bond acceptors (Lipinski definition) is 4. The molecule has 1 aliphatic heterocycles. The Morgan fingerprint density at radius 1 is 1.29 bits per heavy atom. The smallest absolute Gasteiger partial charge is 0.131 e. The molecule has 3 atom stereocenters. The third kappa shape index (κ3) is 2.67. The maximum Gasteiger partial charge on any atom is 0.131 e. The van der Waals surface area contributed by atoms with E-state index in [0.29, 0.717) is 11.8 Å². The predicted molar refractivity (Wildman–Crippen MR) is 83.3 cm³/mol. The first-order chi connectivity index (χ1) is 10.2. The minimum atomic E-state index is -0.0951. The number of hydrogen-bond donors (Lipinski definition) is 2. The highest BCUT2D eigenvalue weighted by molar-refractivity contribution is 5.48. The summed E-state index contributed by atoms with van der Waals surface area (Å²) in [6, 6.07) is 3.01. The lowest BCUT2D eigenvalue weighted by atomic mass is 10.00. The van der Waals surface area contributed by atoms with Crippen LogP contribution in [0.3, 0.4) is 0 Å². The van der Waals surface area contributed by atoms with E-state index in [-0.39, 0.29) is 6.10 Å². The van der Waals surface area contributed by atoms with Crippen molar-refractivity contribution in [2.24, 2.45) is 11.8 Å². The zero-order valence-electron chi connectivity index (χ0n) is 12.8. The Kier molecular flexibility index (Phi) is 3.38. The van der Waals surface area contributed by atoms with Gasteiger partial charge in [0.25, 0.3) is 0 Å². The fourth-order valence-corrected chi connectivity index (χ4v) is 4.01. The number of aromatic nitrogens is 1. The van der Waals surface area contributed by atoms with Crippen LogP contribution in [0, 0.1) is 18.8 Å². The molecule has 2 aliphatic carbocycles. The van der Waals surface area contributed by atoms with Crippen molar-refractivity contribution in [3.05, 3.63) is 23.4 Å². The van der Waals surface area contributed by atoms with Crippen molar-refractivity contribution < 1.29 is 5.11 Å². The Hall–Kier alpha value is -1.13. The molecule has 4 nitrogen and oxygen atoms in total. The van der Waals surface area contributed by atoms with Gasteiger partial charge in [0.15, 0.2) is 0 Å². The van der Waals surface area contributed by atoms with Gasteiger partial charge >= 0.3 is 0 Å². The van der Waals surface area contributed by atoms with Gasteiger partial charge in [-0.3, -0.25) is 0 Å². The third-order valence-corrected chi connectivity index (χ3v) is 5.40. The standard InChI is InChI=1S/C17H25N3O/c1-11-6-12(7-18-14-3-4-14)8-19-17(11)20-9-13-2-5-16(21)15(13)10-20/h6,8,13-16,18,21H,2-5,7,9-10H2,1H3. The number of pyridine rings is 1. The van der Waals surface area contributed by atoms with Crippen LogP contribution in [0.1, 0.15) is 36.8 Å². The zero-order chi connectivity index (χ0) is 14.4. The monoisotopic (exact) mass is 287 g/mol. The molecule has 2 saturated carbocycles. The molecule has 0 radical (unpaired) electrons. The Bertz CT molecular complexity index is 529. The van der Waals surface area contributed by atoms with Crippen molar-refractivity contribution in [2.75, 3.05) is 18.0 Å². The van der Waals surface area contributed by atoms with Gasteiger partial charge in [0.05, 0.1) is 6.10 Å². The molecule has 3 aliphatic rings. The van der Waals surface area contributed by atoms with Gasteiger partial charge in [-0.25, -0.2) is 4.98 Å². The minimum absolute atomic E-state index is 0.0951. The quantitative estimate of drug-likeness (QED) is 0.887. The highest BCUT2D eigenvalue weighted by Gasteiger charge is 2.42. The molecule has 4 rings (SSSR count). The molecule has 2 heterocycles. The second kappa shape index (κ2) is 5.25. The lowest BCUT2D eigenvalue weighted by molar-refractivity contribution is 0.133. The number of aliphatic hydroxyl groups is 1. The van der Waals surface area contributed by atoms with E-state index in [1.165, 1.54) is 30.4 Å². The molecule has 0 aromatic carbocycles. The van der Waals surface area contributed by atoms with Gasteiger partial charge in [-0.2, -0.15) is 0 Å². The van der Waals surface area contributed by atoms with E-state index < -0.39 is 0 Å². The molecule has 0 spiro atoms. The summed E-state index contributed by atoms with van der Waals surface area (Å²) in [4.78, 5) is 7.10. The van der Waals surface area contributed by atoms with Crippen LogP contribution in [-0.2, 0) is 6.54 Å². The van der Waals surface area contributed by atoms with E-state index in [0.717, 1.165) is 37.9 Å². The van der Waals surface area contributed by atoms with E-state index in [1.54, 1.807) is 0 Å². The van der Waals surface area contributed by atoms with E-state index >= 15 is 0 Å². The highest BCUT2D eigenvalue weighted by Crippen LogP contribution is 2.40. The Balaban J connectivity index is 1.45. The number of aryl methyl sites for hydroxylation is 1. The molecule has 0 bridgehead atoms. The normalized spacial score (nSPS) is 31.7. The first-order valence-electron chi connectivity index (χ1n) is 8.32. The van der Waals surface area contributed by atoms with Crippen molar-refractivity contribution in [1.29, 1.82) is 0 Å². The summed E-state index contributed by atoms with van der Waals surface area (Å²) in [7, 11) is 0. The van der Waals surface area contributed by atoms with Gasteiger partial charge in [-0.1, -0.05) is 0 Å². The van der Waals surface area contributed by atoms with E-state index in [1.807, 2.05) is 6.20 Å². The fourth-order valence-electron chi connectivity index (χ4n) is 4.01. The van der Waals surface area contributed by atoms with Gasteiger partial charge in [-0.15, -0.1) is 0 Å². The van der Waals surface area contributed by atoms with Crippen LogP contribution in [0.4, 0.5) is 5.82 Å². The fraction of sp³-hybridized carbons (Fsp3) is 0.706. The maximum atomic E-state index is 10.0. The van der Waals surface area contributed by atoms with Gasteiger partial charge < -0.3 is 15.3 Å². The second-order valence-corrected chi connectivity index (χ2v) is 7.11. The second-order valence-electron chi connectivity index (χ2n) is 7.11. The van der Waals surface area contributed by atoms with Crippen LogP contribution in [0.25, 0.3) is 0 Å². The van der Waals surface area contributed by atoms with Gasteiger partial charge in [-0.05, 0) is 55.7 Å². The van der Waals surface area contributed by atoms with Crippen molar-refractivity contribution >= 4 is 5.82 Å². The van der Waals surface area contributed by atoms with Crippen molar-refractivity contribution in [3.8, 4) is 0 Å². The Morgan fingerprint density at radius 3 is 2.86 bits per heavy atom. The molecule has 0 amide bonds. The zero-order valence-corrected chi connectivity index (χ0v) is 12.8. The van der Waals surface area contributed by atoms with Gasteiger partial charge in [0.2, 0.25) is 0 Å². The third-order valence-electron chi connectivity index (χ3n) is 5.40. The van der Waals surface area contributed by atoms with Crippen LogP contribution in [0.15, 0.2) is 12.3 Å². The summed E-state index contributed by atoms with van der Waals surface area (Å²) < 4.78 is 0. The molecule has 3 fully saturated rings. The number of nitrogens with zero attached hydrogens (tertiary/aromatic N) is 2. The lowest BCUT2D eigenvalue weighted by Gasteiger charge is -2.21. The van der Waals surface area contributed by atoms with Crippen LogP contribution in [0.2, 0.25) is 0 Å². The predicted octanol–water partition coefficient (Wildman–Crippen LogP) is 1.85. The first-order valence-corrected chi connectivity index (χ1v) is 8.32. The number of fused-ring (bicyclic) bond motifs is 1. The van der Waals surface area contributed by atoms with E-state index in [9.17, 15) is 5.11 Å². The number of nitrogens with one attached hydrogen (secondary N) is 1. The molecule has 114 valence electrons. The molecule has 2 N–H and O–H groups in total. The van der Waals surface area contributed by atoms with E-state index in [4.69, 9.17) is 4.98 Å². The minimum Gasteiger partial charge on any atom is -0.393 e. The van der Waals surface area contributed by atoms with E-state index in [2.05, 4.69) is 23.2 Å². The highest BCUT2D eigenvalue weighted by atomic mass is 16.3. The summed E-state index contributed by atoms with van der Waals surface area (Å²) >= 11 is 0. The Labute approximate surface area is 126 Å². The molecule has 4 heteroatoms. The SMILES string of the molecule is Cc1cc(CNC2CC2)cnc1N1CC2CCC(O)C2C1. The molecule has 3 unspecified atom stereocenters. The summed E-state index contributed by atoms with van der Waals surface area (Å²) in [5.74, 6) is 2.24. The van der Waals surface area contributed by atoms with Gasteiger partial charge in [0, 0.05) is 37.8 Å². The molecule has 1 saturated heterocycles. The maximum absolute atomic E-state index is 10.0. The summed E-state index contributed by atoms with van der Waals surface area (Å²) in [6.07, 6.45) is 6.73. The largest absolute Gasteiger partial charge is 0.393 e. The van der Waals surface area contributed by atoms with Crippen LogP contribution < -0.4 is 10.2 Å². The van der Waals surface area contributed by atoms with Crippen LogP contribution >= 0.6 is 0 Å². The first kappa shape index (κ1) is 13.5. The summed E-state index contributed by atoms with van der Waals surface area (Å²) in [5, 5.41) is 13.6. The van der Waals surface area contributed by atoms with Crippen molar-refractivity contribution in [3.63, 3.8) is 0 Å². The molecular weight excluding hydrogens is 262 g/mol. The molecule has 1 aromatic heterocycles. The molecule has 21 heavy (non-hydrogen) atoms. The molecular formula is C17H25N3O. The Morgan fingerprint density at radius 2 is 2.14 bits per heavy atom. The number of anilines is 1. The number of rotatable bonds is 4. The topological polar surface area (TPSA) is 48.4 Å². The average Bonchev–Trinajstić information content (AvgIpc) is 3.11. The van der Waals surface area contributed by atoms with Gasteiger partial charge in [0.1, 0.15) is 5.82 Å². The average molecular weight is 287 g/mol. The lowest BCUT2D eigenvalue weighted by Crippen LogP contribution is -2.26. The summed E-state index contributed by atoms with van der Waals surface area (Å²) in [6.45, 7) is 5.13. The summed E-state index contributed by atoms with van der Waals surface area (Å²) in [5.41, 5.74) is 2.54. The van der Waals surface area contributed by atoms with Crippen molar-refractivity contribution in [1.82, 2.24) is 10.3 Å². The number of aliphatic hydroxyl groups excluding tert-OH is 1. The van der Waals surface area contributed by atoms with Crippen molar-refractivity contribution in [2.45, 2.75) is 51.3 Å². The molecule has 1 aromatic rings.